The summed E-state index contributed by atoms with van der Waals surface area (Å²) in [5.74, 6) is -3.13. The van der Waals surface area contributed by atoms with E-state index in [1.807, 2.05) is 88.4 Å². The molecule has 0 unspecified atom stereocenters. The number of nitrogens with two attached hydrogens (primary N) is 4. The molecule has 16 nitrogen and oxygen atoms in total. The number of hydrogen-bond donors (Lipinski definition) is 9. The quantitative estimate of drug-likeness (QED) is 0.0352. The number of benzene rings is 2. The fourth-order valence-electron chi connectivity index (χ4n) is 7.58. The predicted molar refractivity (Wildman–Crippen MR) is 292 cm³/mol. The smallest absolute Gasteiger partial charge is 0.245 e. The van der Waals surface area contributed by atoms with Crippen LogP contribution in [0.25, 0.3) is 0 Å². The van der Waals surface area contributed by atoms with Gasteiger partial charge in [0.1, 0.15) is 6.04 Å². The molecule has 0 bridgehead atoms. The van der Waals surface area contributed by atoms with E-state index in [9.17, 15) is 28.8 Å². The minimum Gasteiger partial charge on any atom is -1.00 e. The third-order valence-electron chi connectivity index (χ3n) is 11.2. The van der Waals surface area contributed by atoms with Crippen molar-refractivity contribution in [2.45, 2.75) is 144 Å². The van der Waals surface area contributed by atoms with Gasteiger partial charge in [0.25, 0.3) is 0 Å². The summed E-state index contributed by atoms with van der Waals surface area (Å²) in [6.07, 6.45) is 4.20. The number of Topliss-reactive ketones (excluding diaryl/α,β-unsaturated/α-hetero) is 2. The second-order valence-corrected chi connectivity index (χ2v) is 16.8. The van der Waals surface area contributed by atoms with Crippen molar-refractivity contribution < 1.29 is 30.2 Å². The first-order valence-electron chi connectivity index (χ1n) is 24.2. The predicted octanol–water partition coefficient (Wildman–Crippen LogP) is 5.67. The highest BCUT2D eigenvalue weighted by Crippen LogP contribution is 2.20. The molecular formula is C54H99N10O6-. The Balaban J connectivity index is -0.00000140. The van der Waals surface area contributed by atoms with Gasteiger partial charge in [0.05, 0.1) is 18.1 Å². The van der Waals surface area contributed by atoms with Crippen LogP contribution in [-0.2, 0) is 41.6 Å². The van der Waals surface area contributed by atoms with E-state index >= 15 is 0 Å². The van der Waals surface area contributed by atoms with Gasteiger partial charge in [-0.05, 0) is 94.3 Å². The summed E-state index contributed by atoms with van der Waals surface area (Å²) < 4.78 is 0. The standard InChI is InChI=1S/C46H73N9O6.C2H6.2C2H4.2CH4.H3N.H/c1-32(2)27-40(54-44(59)36(28-33-13-5-3-6-14-33)31-41(56)38(50)29-34-15-7-4-8-16-34)42(57)30-35(17-11-20-47)43(58)52-22-10-9-19-39(46(61)55-25-23-51-24-26-55)53-45(60)37(49)18-12-21-48;3*1-2;;;;/h3-8,13-16,32,35-40,51H,9-12,17-31,47-50H2,1-2H3,(H,52,58)(H,53,60)(H,54,59);1-2H3;2*1-2H2;2*1H4;1H3;/q;;;;;;;-1/t35-,36-,37+,38+,39-,40+;;;;;;;/m0......./s1/i;;;;;;;1+1. The molecule has 6 atom stereocenters. The second kappa shape index (κ2) is 43.9. The topological polar surface area (TPSA) is 293 Å². The largest absolute Gasteiger partial charge is 1.00 e. The van der Waals surface area contributed by atoms with Crippen LogP contribution in [0, 0.1) is 17.8 Å². The van der Waals surface area contributed by atoms with Crippen molar-refractivity contribution in [1.82, 2.24) is 32.3 Å². The SMILES string of the molecule is C.C.C=C.C=C.CC.CC(C)C[C@@H](NC(=O)[C@H](CC(=O)[C@H](N)Cc1ccccc1)Cc1ccccc1)C(=O)C[C@H](CCCN)C(=O)NCCCC[C@H](NC(=O)[C@H](N)CCCN)C(=O)N1CCNCC1.N.[2H-]. The molecule has 1 saturated heterocycles. The summed E-state index contributed by atoms with van der Waals surface area (Å²) >= 11 is 0. The van der Waals surface area contributed by atoms with Crippen LogP contribution in [-0.4, -0.2) is 110 Å². The average molecular weight is 985 g/mol. The zero-order valence-electron chi connectivity index (χ0n) is 43.0. The minimum absolute atomic E-state index is 0. The maximum atomic E-state index is 14.1. The van der Waals surface area contributed by atoms with Crippen LogP contribution in [0.3, 0.4) is 0 Å². The monoisotopic (exact) mass is 985 g/mol. The highest BCUT2D eigenvalue weighted by Gasteiger charge is 2.32. The van der Waals surface area contributed by atoms with Crippen LogP contribution in [0.5, 0.6) is 0 Å². The van der Waals surface area contributed by atoms with Gasteiger partial charge >= 0.3 is 0 Å². The molecule has 0 aromatic heterocycles. The molecule has 0 saturated carbocycles. The zero-order chi connectivity index (χ0) is 50.6. The van der Waals surface area contributed by atoms with Crippen LogP contribution >= 0.6 is 0 Å². The summed E-state index contributed by atoms with van der Waals surface area (Å²) in [5, 5.41) is 12.0. The van der Waals surface area contributed by atoms with Gasteiger partial charge in [-0.1, -0.05) is 103 Å². The highest BCUT2D eigenvalue weighted by atomic mass is 16.2. The van der Waals surface area contributed by atoms with E-state index in [0.717, 1.165) is 11.1 Å². The van der Waals surface area contributed by atoms with Gasteiger partial charge in [-0.3, -0.25) is 28.8 Å². The Morgan fingerprint density at radius 3 is 1.67 bits per heavy atom. The Bertz CT molecular complexity index is 1690. The number of unbranched alkanes of at least 4 members (excludes halogenated alkanes) is 1. The third kappa shape index (κ3) is 29.2. The lowest BCUT2D eigenvalue weighted by Gasteiger charge is -2.31. The molecule has 1 aliphatic heterocycles. The summed E-state index contributed by atoms with van der Waals surface area (Å²) in [7, 11) is 0. The van der Waals surface area contributed by atoms with E-state index in [-0.39, 0.29) is 64.6 Å². The molecule has 0 spiro atoms. The van der Waals surface area contributed by atoms with E-state index in [1.54, 1.807) is 4.90 Å². The van der Waals surface area contributed by atoms with E-state index in [0.29, 0.717) is 110 Å². The maximum absolute atomic E-state index is 14.1. The summed E-state index contributed by atoms with van der Waals surface area (Å²) in [6.45, 7) is 23.4. The molecule has 70 heavy (non-hydrogen) atoms. The van der Waals surface area contributed by atoms with Gasteiger partial charge in [-0.25, -0.2) is 0 Å². The zero-order valence-corrected chi connectivity index (χ0v) is 42.0. The molecule has 16 heteroatoms. The van der Waals surface area contributed by atoms with Crippen molar-refractivity contribution in [1.29, 1.82) is 0 Å². The molecule has 3 rings (SSSR count). The molecule has 1 fully saturated rings. The number of ketones is 2. The van der Waals surface area contributed by atoms with E-state index < -0.39 is 47.8 Å². The highest BCUT2D eigenvalue weighted by molar-refractivity contribution is 5.95. The molecule has 2 aromatic carbocycles. The fourth-order valence-corrected chi connectivity index (χ4v) is 7.58. The molecule has 2 aromatic rings. The number of nitrogens with one attached hydrogen (secondary N) is 4. The van der Waals surface area contributed by atoms with Crippen LogP contribution in [0.4, 0.5) is 0 Å². The third-order valence-corrected chi connectivity index (χ3v) is 11.2. The Kier molecular flexibility index (Phi) is 44.8. The van der Waals surface area contributed by atoms with E-state index in [2.05, 4.69) is 47.6 Å². The van der Waals surface area contributed by atoms with Gasteiger partial charge in [0, 0.05) is 57.4 Å². The molecule has 4 amide bonds. The van der Waals surface area contributed by atoms with Gasteiger partial charge in [-0.2, -0.15) is 0 Å². The van der Waals surface area contributed by atoms with E-state index in [1.165, 1.54) is 0 Å². The lowest BCUT2D eigenvalue weighted by atomic mass is 9.88. The number of piperazine rings is 1. The van der Waals surface area contributed by atoms with Crippen molar-refractivity contribution in [3.8, 4) is 0 Å². The number of nitrogens with zero attached hydrogens (tertiary/aromatic N) is 1. The molecular weight excluding hydrogens is 885 g/mol. The summed E-state index contributed by atoms with van der Waals surface area (Å²) in [5.41, 5.74) is 25.7. The Labute approximate surface area is 424 Å². The Hall–Kier alpha value is -5.10. The number of amides is 4. The summed E-state index contributed by atoms with van der Waals surface area (Å²) in [4.78, 5) is 83.2. The Morgan fingerprint density at radius 2 is 1.14 bits per heavy atom. The first-order chi connectivity index (χ1) is 32.3. The van der Waals surface area contributed by atoms with Crippen LogP contribution in [0.1, 0.15) is 119 Å². The van der Waals surface area contributed by atoms with Gasteiger partial charge < -0.3 is 56.7 Å². The molecule has 402 valence electrons. The van der Waals surface area contributed by atoms with Crippen molar-refractivity contribution in [3.05, 3.63) is 98.1 Å². The van der Waals surface area contributed by atoms with Gasteiger partial charge in [0.15, 0.2) is 11.6 Å². The van der Waals surface area contributed by atoms with Crippen molar-refractivity contribution >= 4 is 35.2 Å². The number of rotatable bonds is 29. The molecule has 0 radical (unpaired) electrons. The van der Waals surface area contributed by atoms with Gasteiger partial charge in [0.2, 0.25) is 23.6 Å². The van der Waals surface area contributed by atoms with Crippen LogP contribution < -0.4 is 50.4 Å². The normalized spacial score (nSPS) is 14.0. The molecule has 0 aliphatic carbocycles. The minimum atomic E-state index is -0.865. The first kappa shape index (κ1) is 71.5. The average Bonchev–Trinajstić information content (AvgIpc) is 3.35. The second-order valence-electron chi connectivity index (χ2n) is 16.8. The molecule has 15 N–H and O–H groups in total. The van der Waals surface area contributed by atoms with Crippen molar-refractivity contribution in [2.24, 2.45) is 40.7 Å². The fraction of sp³-hybridized carbons (Fsp3) is 0.593. The number of carbonyl (C=O) groups is 6. The lowest BCUT2D eigenvalue weighted by Crippen LogP contribution is -2.56. The number of hydrogen-bond acceptors (Lipinski definition) is 12. The van der Waals surface area contributed by atoms with Crippen molar-refractivity contribution in [2.75, 3.05) is 45.8 Å². The van der Waals surface area contributed by atoms with Crippen LogP contribution in [0.2, 0.25) is 0 Å². The molecule has 1 heterocycles. The summed E-state index contributed by atoms with van der Waals surface area (Å²) in [6, 6.07) is 15.7. The lowest BCUT2D eigenvalue weighted by molar-refractivity contribution is -0.137. The van der Waals surface area contributed by atoms with Crippen molar-refractivity contribution in [3.63, 3.8) is 0 Å². The van der Waals surface area contributed by atoms with Crippen LogP contribution in [0.15, 0.2) is 87.0 Å². The van der Waals surface area contributed by atoms with Gasteiger partial charge in [-0.15, -0.1) is 26.3 Å². The molecule has 1 aliphatic rings. The Morgan fingerprint density at radius 1 is 0.643 bits per heavy atom. The maximum Gasteiger partial charge on any atom is 0.245 e. The van der Waals surface area contributed by atoms with E-state index in [4.69, 9.17) is 22.9 Å². The number of carbonyl (C=O) groups excluding carboxylic acids is 6. The first-order valence-corrected chi connectivity index (χ1v) is 24.2.